The predicted molar refractivity (Wildman–Crippen MR) is 78.8 cm³/mol. The molecule has 1 aromatic rings. The Labute approximate surface area is 120 Å². The summed E-state index contributed by atoms with van der Waals surface area (Å²) in [4.78, 5) is 0. The van der Waals surface area contributed by atoms with Crippen LogP contribution in [-0.4, -0.2) is 9.78 Å². The Bertz CT molecular complexity index is 408. The number of nitrogens with two attached hydrogens (primary N) is 1. The van der Waals surface area contributed by atoms with Gasteiger partial charge in [-0.3, -0.25) is 16.0 Å². The molecule has 0 spiro atoms. The molecule has 1 atom stereocenters. The molecule has 1 unspecified atom stereocenters. The van der Waals surface area contributed by atoms with Crippen molar-refractivity contribution in [3.63, 3.8) is 0 Å². The smallest absolute Gasteiger partial charge is 0.0834 e. The fraction of sp³-hybridized carbons (Fsp3) is 0.786. The lowest BCUT2D eigenvalue weighted by Crippen LogP contribution is -2.37. The number of hydrazine groups is 1. The third-order valence-electron chi connectivity index (χ3n) is 4.28. The van der Waals surface area contributed by atoms with E-state index in [2.05, 4.69) is 31.3 Å². The highest BCUT2D eigenvalue weighted by atomic mass is 35.5. The third kappa shape index (κ3) is 3.12. The average Bonchev–Trinajstić information content (AvgIpc) is 2.75. The van der Waals surface area contributed by atoms with E-state index in [0.717, 1.165) is 16.6 Å². The zero-order valence-corrected chi connectivity index (χ0v) is 12.8. The van der Waals surface area contributed by atoms with Crippen LogP contribution >= 0.6 is 11.6 Å². The largest absolute Gasteiger partial charge is 0.271 e. The van der Waals surface area contributed by atoms with Crippen molar-refractivity contribution in [2.45, 2.75) is 58.5 Å². The highest BCUT2D eigenvalue weighted by Gasteiger charge is 2.30. The summed E-state index contributed by atoms with van der Waals surface area (Å²) in [6, 6.07) is 0.394. The Morgan fingerprint density at radius 2 is 2.00 bits per heavy atom. The van der Waals surface area contributed by atoms with Gasteiger partial charge in [0.25, 0.3) is 0 Å². The standard InChI is InChI=1S/C14H25ClN4/c1-9(2)19-14(12(15)8-17-19)13(18-16)11-6-4-10(3)5-7-11/h8-11,13,18H,4-7,16H2,1-3H3. The van der Waals surface area contributed by atoms with Crippen molar-refractivity contribution in [3.05, 3.63) is 16.9 Å². The van der Waals surface area contributed by atoms with E-state index in [4.69, 9.17) is 17.4 Å². The maximum absolute atomic E-state index is 6.33. The van der Waals surface area contributed by atoms with Crippen molar-refractivity contribution in [2.24, 2.45) is 17.7 Å². The van der Waals surface area contributed by atoms with Gasteiger partial charge in [-0.05, 0) is 38.5 Å². The van der Waals surface area contributed by atoms with Gasteiger partial charge in [0.2, 0.25) is 0 Å². The fourth-order valence-electron chi connectivity index (χ4n) is 3.11. The summed E-state index contributed by atoms with van der Waals surface area (Å²) in [5.41, 5.74) is 4.02. The molecular weight excluding hydrogens is 260 g/mol. The summed E-state index contributed by atoms with van der Waals surface area (Å²) in [6.45, 7) is 6.55. The van der Waals surface area contributed by atoms with Crippen molar-refractivity contribution >= 4 is 11.6 Å². The molecule has 0 saturated heterocycles. The highest BCUT2D eigenvalue weighted by molar-refractivity contribution is 6.31. The van der Waals surface area contributed by atoms with Gasteiger partial charge in [0.05, 0.1) is 23.0 Å². The quantitative estimate of drug-likeness (QED) is 0.658. The Kier molecular flexibility index (Phi) is 4.87. The molecule has 4 nitrogen and oxygen atoms in total. The zero-order chi connectivity index (χ0) is 14.0. The first-order valence-corrected chi connectivity index (χ1v) is 7.61. The molecule has 3 N–H and O–H groups in total. The van der Waals surface area contributed by atoms with Crippen LogP contribution in [0, 0.1) is 11.8 Å². The number of aromatic nitrogens is 2. The molecule has 0 bridgehead atoms. The predicted octanol–water partition coefficient (Wildman–Crippen LogP) is 3.45. The molecule has 108 valence electrons. The number of hydrogen-bond acceptors (Lipinski definition) is 3. The van der Waals surface area contributed by atoms with Crippen molar-refractivity contribution in [1.29, 1.82) is 0 Å². The Hall–Kier alpha value is -0.580. The van der Waals surface area contributed by atoms with Crippen LogP contribution < -0.4 is 11.3 Å². The van der Waals surface area contributed by atoms with Gasteiger partial charge in [-0.25, -0.2) is 0 Å². The number of nitrogens with zero attached hydrogens (tertiary/aromatic N) is 2. The van der Waals surface area contributed by atoms with Gasteiger partial charge >= 0.3 is 0 Å². The molecule has 5 heteroatoms. The molecule has 0 amide bonds. The summed E-state index contributed by atoms with van der Waals surface area (Å²) in [6.07, 6.45) is 6.69. The Balaban J connectivity index is 2.24. The lowest BCUT2D eigenvalue weighted by atomic mass is 9.78. The van der Waals surface area contributed by atoms with Crippen LogP contribution in [0.25, 0.3) is 0 Å². The van der Waals surface area contributed by atoms with Gasteiger partial charge in [-0.15, -0.1) is 0 Å². The first-order chi connectivity index (χ1) is 9.04. The van der Waals surface area contributed by atoms with E-state index in [1.54, 1.807) is 6.20 Å². The molecule has 19 heavy (non-hydrogen) atoms. The second kappa shape index (κ2) is 6.25. The summed E-state index contributed by atoms with van der Waals surface area (Å²) in [7, 11) is 0. The minimum atomic E-state index is 0.102. The van der Waals surface area contributed by atoms with E-state index < -0.39 is 0 Å². The number of hydrogen-bond donors (Lipinski definition) is 2. The van der Waals surface area contributed by atoms with E-state index in [1.165, 1.54) is 25.7 Å². The van der Waals surface area contributed by atoms with Gasteiger partial charge in [0.1, 0.15) is 0 Å². The Morgan fingerprint density at radius 3 is 2.53 bits per heavy atom. The van der Waals surface area contributed by atoms with Crippen LogP contribution in [0.3, 0.4) is 0 Å². The van der Waals surface area contributed by atoms with E-state index >= 15 is 0 Å². The van der Waals surface area contributed by atoms with Crippen LogP contribution in [0.4, 0.5) is 0 Å². The first-order valence-electron chi connectivity index (χ1n) is 7.23. The molecule has 1 aromatic heterocycles. The topological polar surface area (TPSA) is 55.9 Å². The third-order valence-corrected chi connectivity index (χ3v) is 4.57. The molecule has 2 rings (SSSR count). The molecule has 1 saturated carbocycles. The minimum Gasteiger partial charge on any atom is -0.271 e. The minimum absolute atomic E-state index is 0.102. The second-order valence-corrected chi connectivity index (χ2v) is 6.49. The van der Waals surface area contributed by atoms with Crippen molar-refractivity contribution in [1.82, 2.24) is 15.2 Å². The lowest BCUT2D eigenvalue weighted by Gasteiger charge is -2.33. The van der Waals surface area contributed by atoms with E-state index in [9.17, 15) is 0 Å². The first kappa shape index (κ1) is 14.8. The lowest BCUT2D eigenvalue weighted by molar-refractivity contribution is 0.223. The summed E-state index contributed by atoms with van der Waals surface area (Å²) >= 11 is 6.33. The van der Waals surface area contributed by atoms with Crippen molar-refractivity contribution in [2.75, 3.05) is 0 Å². The average molecular weight is 285 g/mol. The summed E-state index contributed by atoms with van der Waals surface area (Å²) < 4.78 is 1.99. The second-order valence-electron chi connectivity index (χ2n) is 6.08. The van der Waals surface area contributed by atoms with E-state index in [-0.39, 0.29) is 6.04 Å². The molecule has 1 aliphatic rings. The van der Waals surface area contributed by atoms with Crippen LogP contribution in [0.15, 0.2) is 6.20 Å². The molecule has 1 aliphatic carbocycles. The van der Waals surface area contributed by atoms with Gasteiger partial charge in [-0.2, -0.15) is 5.10 Å². The number of rotatable bonds is 4. The van der Waals surface area contributed by atoms with Gasteiger partial charge in [0, 0.05) is 6.04 Å². The van der Waals surface area contributed by atoms with Crippen LogP contribution in [0.1, 0.15) is 64.2 Å². The van der Waals surface area contributed by atoms with Crippen molar-refractivity contribution in [3.8, 4) is 0 Å². The molecule has 1 fully saturated rings. The van der Waals surface area contributed by atoms with Crippen LogP contribution in [0.2, 0.25) is 5.02 Å². The molecular formula is C14H25ClN4. The summed E-state index contributed by atoms with van der Waals surface area (Å²) in [5, 5.41) is 5.10. The summed E-state index contributed by atoms with van der Waals surface area (Å²) in [5.74, 6) is 7.20. The normalized spacial score (nSPS) is 25.8. The van der Waals surface area contributed by atoms with Gasteiger partial charge < -0.3 is 0 Å². The number of nitrogens with one attached hydrogen (secondary N) is 1. The fourth-order valence-corrected chi connectivity index (χ4v) is 3.36. The monoisotopic (exact) mass is 284 g/mol. The molecule has 1 heterocycles. The SMILES string of the molecule is CC1CCC(C(NN)c2c(Cl)cnn2C(C)C)CC1. The van der Waals surface area contributed by atoms with Crippen LogP contribution in [-0.2, 0) is 0 Å². The van der Waals surface area contributed by atoms with E-state index in [1.807, 2.05) is 4.68 Å². The molecule has 0 aliphatic heterocycles. The zero-order valence-electron chi connectivity index (χ0n) is 12.1. The van der Waals surface area contributed by atoms with Gasteiger partial charge in [0.15, 0.2) is 0 Å². The molecule has 0 radical (unpaired) electrons. The maximum Gasteiger partial charge on any atom is 0.0834 e. The maximum atomic E-state index is 6.33. The highest BCUT2D eigenvalue weighted by Crippen LogP contribution is 2.38. The Morgan fingerprint density at radius 1 is 1.37 bits per heavy atom. The van der Waals surface area contributed by atoms with Crippen LogP contribution in [0.5, 0.6) is 0 Å². The molecule has 0 aromatic carbocycles. The van der Waals surface area contributed by atoms with Gasteiger partial charge in [-0.1, -0.05) is 31.4 Å². The van der Waals surface area contributed by atoms with Crippen molar-refractivity contribution < 1.29 is 0 Å². The van der Waals surface area contributed by atoms with E-state index in [0.29, 0.717) is 12.0 Å². The number of halogens is 1.